The molecule has 1 fully saturated rings. The number of carboxylic acid groups (broad SMARTS) is 1. The molecule has 6 nitrogen and oxygen atoms in total. The summed E-state index contributed by atoms with van der Waals surface area (Å²) in [5, 5.41) is 9.29. The summed E-state index contributed by atoms with van der Waals surface area (Å²) in [6.45, 7) is 1.62. The van der Waals surface area contributed by atoms with Crippen LogP contribution in [0.5, 0.6) is 0 Å². The van der Waals surface area contributed by atoms with E-state index in [1.54, 1.807) is 17.0 Å². The molecule has 21 heavy (non-hydrogen) atoms. The van der Waals surface area contributed by atoms with Crippen molar-refractivity contribution in [2.75, 3.05) is 32.7 Å². The topological polar surface area (TPSA) is 77.9 Å². The van der Waals surface area contributed by atoms with Gasteiger partial charge in [0.15, 0.2) is 0 Å². The molecule has 116 valence electrons. The highest BCUT2D eigenvalue weighted by molar-refractivity contribution is 7.89. The standard InChI is InChI=1S/C13H17ClN2O4S/c14-11-2-4-12(5-3-11)21(19,20)16-7-1-6-15(8-9-16)10-13(17)18/h2-5H,1,6-10H2,(H,17,18). The molecule has 1 aromatic rings. The first-order chi connectivity index (χ1) is 9.89. The van der Waals surface area contributed by atoms with Gasteiger partial charge >= 0.3 is 5.97 Å². The molecule has 1 heterocycles. The lowest BCUT2D eigenvalue weighted by Crippen LogP contribution is -2.36. The number of rotatable bonds is 4. The Bertz CT molecular complexity index is 603. The van der Waals surface area contributed by atoms with Crippen LogP contribution in [0.2, 0.25) is 5.02 Å². The maximum absolute atomic E-state index is 12.5. The van der Waals surface area contributed by atoms with Gasteiger partial charge in [0.25, 0.3) is 0 Å². The van der Waals surface area contributed by atoms with E-state index in [0.717, 1.165) is 0 Å². The van der Waals surface area contributed by atoms with Gasteiger partial charge in [-0.1, -0.05) is 11.6 Å². The van der Waals surface area contributed by atoms with Crippen molar-refractivity contribution in [1.29, 1.82) is 0 Å². The summed E-state index contributed by atoms with van der Waals surface area (Å²) in [7, 11) is -3.55. The molecule has 0 aromatic heterocycles. The van der Waals surface area contributed by atoms with Crippen molar-refractivity contribution in [2.45, 2.75) is 11.3 Å². The van der Waals surface area contributed by atoms with Gasteiger partial charge in [0.1, 0.15) is 0 Å². The van der Waals surface area contributed by atoms with E-state index in [-0.39, 0.29) is 18.0 Å². The Hall–Kier alpha value is -1.15. The SMILES string of the molecule is O=C(O)CN1CCCN(S(=O)(=O)c2ccc(Cl)cc2)CC1. The molecular formula is C13H17ClN2O4S. The number of hydrogen-bond acceptors (Lipinski definition) is 4. The van der Waals surface area contributed by atoms with Crippen molar-refractivity contribution in [2.24, 2.45) is 0 Å². The highest BCUT2D eigenvalue weighted by atomic mass is 35.5. The van der Waals surface area contributed by atoms with Gasteiger partial charge in [0.05, 0.1) is 11.4 Å². The van der Waals surface area contributed by atoms with E-state index in [9.17, 15) is 13.2 Å². The first-order valence-electron chi connectivity index (χ1n) is 6.59. The summed E-state index contributed by atoms with van der Waals surface area (Å²) in [6.07, 6.45) is 0.611. The van der Waals surface area contributed by atoms with E-state index in [0.29, 0.717) is 31.1 Å². The molecule has 0 radical (unpaired) electrons. The van der Waals surface area contributed by atoms with Crippen LogP contribution in [0, 0.1) is 0 Å². The second-order valence-corrected chi connectivity index (χ2v) is 7.26. The van der Waals surface area contributed by atoms with Crippen molar-refractivity contribution in [3.63, 3.8) is 0 Å². The Morgan fingerprint density at radius 3 is 2.43 bits per heavy atom. The smallest absolute Gasteiger partial charge is 0.317 e. The number of sulfonamides is 1. The molecule has 0 atom stereocenters. The van der Waals surface area contributed by atoms with Gasteiger partial charge in [0, 0.05) is 31.2 Å². The minimum atomic E-state index is -3.55. The third kappa shape index (κ3) is 4.16. The van der Waals surface area contributed by atoms with Crippen LogP contribution in [0.25, 0.3) is 0 Å². The Labute approximate surface area is 129 Å². The molecule has 1 aromatic carbocycles. The average Bonchev–Trinajstić information content (AvgIpc) is 2.64. The van der Waals surface area contributed by atoms with E-state index < -0.39 is 16.0 Å². The lowest BCUT2D eigenvalue weighted by Gasteiger charge is -2.20. The minimum Gasteiger partial charge on any atom is -0.480 e. The molecule has 8 heteroatoms. The molecule has 0 amide bonds. The molecule has 1 aliphatic rings. The van der Waals surface area contributed by atoms with E-state index in [2.05, 4.69) is 0 Å². The Kier molecular flexibility index (Phi) is 5.21. The third-order valence-electron chi connectivity index (χ3n) is 3.36. The zero-order chi connectivity index (χ0) is 15.5. The monoisotopic (exact) mass is 332 g/mol. The second-order valence-electron chi connectivity index (χ2n) is 4.88. The van der Waals surface area contributed by atoms with Crippen molar-refractivity contribution in [3.8, 4) is 0 Å². The fourth-order valence-electron chi connectivity index (χ4n) is 2.29. The van der Waals surface area contributed by atoms with Gasteiger partial charge in [-0.3, -0.25) is 9.69 Å². The summed E-state index contributed by atoms with van der Waals surface area (Å²) < 4.78 is 26.5. The number of benzene rings is 1. The Balaban J connectivity index is 2.10. The summed E-state index contributed by atoms with van der Waals surface area (Å²) in [5.41, 5.74) is 0. The number of aliphatic carboxylic acids is 1. The van der Waals surface area contributed by atoms with Crippen LogP contribution in [0.3, 0.4) is 0 Å². The van der Waals surface area contributed by atoms with Crippen molar-refractivity contribution in [1.82, 2.24) is 9.21 Å². The number of carbonyl (C=O) groups is 1. The van der Waals surface area contributed by atoms with Crippen molar-refractivity contribution >= 4 is 27.6 Å². The molecule has 1 saturated heterocycles. The highest BCUT2D eigenvalue weighted by Gasteiger charge is 2.27. The molecular weight excluding hydrogens is 316 g/mol. The van der Waals surface area contributed by atoms with Crippen LogP contribution >= 0.6 is 11.6 Å². The van der Waals surface area contributed by atoms with E-state index in [4.69, 9.17) is 16.7 Å². The fraction of sp³-hybridized carbons (Fsp3) is 0.462. The lowest BCUT2D eigenvalue weighted by atomic mass is 10.4. The normalized spacial score (nSPS) is 18.3. The third-order valence-corrected chi connectivity index (χ3v) is 5.52. The van der Waals surface area contributed by atoms with Gasteiger partial charge in [-0.15, -0.1) is 0 Å². The van der Waals surface area contributed by atoms with Crippen LogP contribution in [0.1, 0.15) is 6.42 Å². The molecule has 0 unspecified atom stereocenters. The summed E-state index contributed by atoms with van der Waals surface area (Å²) in [4.78, 5) is 12.7. The van der Waals surface area contributed by atoms with E-state index in [1.807, 2.05) is 0 Å². The highest BCUT2D eigenvalue weighted by Crippen LogP contribution is 2.19. The van der Waals surface area contributed by atoms with Crippen molar-refractivity contribution < 1.29 is 18.3 Å². The van der Waals surface area contributed by atoms with Gasteiger partial charge in [-0.05, 0) is 30.7 Å². The predicted octanol–water partition coefficient (Wildman–Crippen LogP) is 1.12. The molecule has 0 spiro atoms. The largest absolute Gasteiger partial charge is 0.480 e. The molecule has 0 aliphatic carbocycles. The van der Waals surface area contributed by atoms with Gasteiger partial charge < -0.3 is 5.11 Å². The Morgan fingerprint density at radius 1 is 1.14 bits per heavy atom. The van der Waals surface area contributed by atoms with Crippen molar-refractivity contribution in [3.05, 3.63) is 29.3 Å². The first-order valence-corrected chi connectivity index (χ1v) is 8.41. The van der Waals surface area contributed by atoms with Crippen LogP contribution in [-0.2, 0) is 14.8 Å². The molecule has 0 saturated carbocycles. The molecule has 1 aliphatic heterocycles. The zero-order valence-corrected chi connectivity index (χ0v) is 13.0. The zero-order valence-electron chi connectivity index (χ0n) is 11.4. The van der Waals surface area contributed by atoms with Crippen LogP contribution in [0.15, 0.2) is 29.2 Å². The number of hydrogen-bond donors (Lipinski definition) is 1. The number of carboxylic acids is 1. The maximum atomic E-state index is 12.5. The lowest BCUT2D eigenvalue weighted by molar-refractivity contribution is -0.138. The van der Waals surface area contributed by atoms with Crippen LogP contribution in [0.4, 0.5) is 0 Å². The fourth-order valence-corrected chi connectivity index (χ4v) is 3.89. The summed E-state index contributed by atoms with van der Waals surface area (Å²) >= 11 is 5.77. The first kappa shape index (κ1) is 16.2. The molecule has 2 rings (SSSR count). The number of nitrogens with zero attached hydrogens (tertiary/aromatic N) is 2. The van der Waals surface area contributed by atoms with Gasteiger partial charge in [-0.25, -0.2) is 8.42 Å². The van der Waals surface area contributed by atoms with E-state index >= 15 is 0 Å². The minimum absolute atomic E-state index is 0.0607. The average molecular weight is 333 g/mol. The number of halogens is 1. The molecule has 1 N–H and O–H groups in total. The summed E-state index contributed by atoms with van der Waals surface area (Å²) in [6, 6.07) is 6.06. The van der Waals surface area contributed by atoms with Gasteiger partial charge in [0.2, 0.25) is 10.0 Å². The maximum Gasteiger partial charge on any atom is 0.317 e. The predicted molar refractivity (Wildman–Crippen MR) is 78.9 cm³/mol. The Morgan fingerprint density at radius 2 is 1.81 bits per heavy atom. The van der Waals surface area contributed by atoms with Crippen LogP contribution in [-0.4, -0.2) is 61.4 Å². The van der Waals surface area contributed by atoms with Gasteiger partial charge in [-0.2, -0.15) is 4.31 Å². The quantitative estimate of drug-likeness (QED) is 0.894. The molecule has 0 bridgehead atoms. The van der Waals surface area contributed by atoms with E-state index in [1.165, 1.54) is 16.4 Å². The summed E-state index contributed by atoms with van der Waals surface area (Å²) in [5.74, 6) is -0.899. The second kappa shape index (κ2) is 6.74. The van der Waals surface area contributed by atoms with Crippen LogP contribution < -0.4 is 0 Å².